The third kappa shape index (κ3) is 4.09. The SMILES string of the molecule is CCN1CCN(c2ccc(-c3ncnc4cnc(C=C5SC(=O)NC5=O)cc34)cc2)CC1. The third-order valence-corrected chi connectivity index (χ3v) is 6.60. The first-order valence-corrected chi connectivity index (χ1v) is 11.4. The number of carbonyl (C=O) groups is 2. The minimum atomic E-state index is -0.401. The van der Waals surface area contributed by atoms with Crippen molar-refractivity contribution in [2.75, 3.05) is 37.6 Å². The molecule has 1 N–H and O–H groups in total. The molecule has 0 unspecified atom stereocenters. The van der Waals surface area contributed by atoms with Gasteiger partial charge in [0, 0.05) is 42.8 Å². The Morgan fingerprint density at radius 2 is 1.84 bits per heavy atom. The monoisotopic (exact) mass is 446 g/mol. The maximum atomic E-state index is 11.9. The lowest BCUT2D eigenvalue weighted by Crippen LogP contribution is -2.46. The van der Waals surface area contributed by atoms with Gasteiger partial charge < -0.3 is 9.80 Å². The van der Waals surface area contributed by atoms with Crippen molar-refractivity contribution < 1.29 is 9.59 Å². The highest BCUT2D eigenvalue weighted by Crippen LogP contribution is 2.30. The summed E-state index contributed by atoms with van der Waals surface area (Å²) in [6.07, 6.45) is 4.81. The first kappa shape index (κ1) is 20.6. The molecule has 8 nitrogen and oxygen atoms in total. The average Bonchev–Trinajstić information content (AvgIpc) is 3.15. The van der Waals surface area contributed by atoms with Gasteiger partial charge >= 0.3 is 0 Å². The van der Waals surface area contributed by atoms with Gasteiger partial charge in [-0.2, -0.15) is 0 Å². The third-order valence-electron chi connectivity index (χ3n) is 5.79. The minimum Gasteiger partial charge on any atom is -0.369 e. The molecule has 2 aliphatic rings. The van der Waals surface area contributed by atoms with Gasteiger partial charge in [0.1, 0.15) is 6.33 Å². The molecule has 0 saturated carbocycles. The summed E-state index contributed by atoms with van der Waals surface area (Å²) < 4.78 is 0. The van der Waals surface area contributed by atoms with E-state index in [1.54, 1.807) is 12.3 Å². The Morgan fingerprint density at radius 3 is 2.53 bits per heavy atom. The second-order valence-electron chi connectivity index (χ2n) is 7.67. The molecular weight excluding hydrogens is 424 g/mol. The lowest BCUT2D eigenvalue weighted by Gasteiger charge is -2.35. The van der Waals surface area contributed by atoms with Gasteiger partial charge in [-0.05, 0) is 42.6 Å². The fourth-order valence-electron chi connectivity index (χ4n) is 3.99. The predicted molar refractivity (Wildman–Crippen MR) is 126 cm³/mol. The molecule has 0 aliphatic carbocycles. The number of benzene rings is 1. The number of imide groups is 1. The Morgan fingerprint density at radius 1 is 1.06 bits per heavy atom. The van der Waals surface area contributed by atoms with E-state index >= 15 is 0 Å². The van der Waals surface area contributed by atoms with Crippen molar-refractivity contribution in [3.8, 4) is 11.3 Å². The van der Waals surface area contributed by atoms with E-state index in [1.807, 2.05) is 6.07 Å². The molecule has 9 heteroatoms. The normalized spacial score (nSPS) is 18.5. The van der Waals surface area contributed by atoms with E-state index in [-0.39, 0.29) is 5.24 Å². The summed E-state index contributed by atoms with van der Waals surface area (Å²) in [5.41, 5.74) is 4.30. The fourth-order valence-corrected chi connectivity index (χ4v) is 4.66. The Hall–Kier alpha value is -3.30. The summed E-state index contributed by atoms with van der Waals surface area (Å²) in [6.45, 7) is 7.53. The first-order chi connectivity index (χ1) is 15.6. The maximum Gasteiger partial charge on any atom is 0.290 e. The van der Waals surface area contributed by atoms with Gasteiger partial charge in [0.25, 0.3) is 11.1 Å². The van der Waals surface area contributed by atoms with E-state index in [1.165, 1.54) is 12.0 Å². The summed E-state index contributed by atoms with van der Waals surface area (Å²) in [5.74, 6) is -0.401. The van der Waals surface area contributed by atoms with Crippen LogP contribution in [0.5, 0.6) is 0 Å². The van der Waals surface area contributed by atoms with Gasteiger partial charge in [0.15, 0.2) is 0 Å². The number of nitrogens with zero attached hydrogens (tertiary/aromatic N) is 5. The van der Waals surface area contributed by atoms with E-state index in [9.17, 15) is 9.59 Å². The number of pyridine rings is 1. The molecule has 4 heterocycles. The van der Waals surface area contributed by atoms with Crippen molar-refractivity contribution in [1.29, 1.82) is 0 Å². The van der Waals surface area contributed by atoms with Crippen LogP contribution >= 0.6 is 11.8 Å². The molecule has 32 heavy (non-hydrogen) atoms. The zero-order chi connectivity index (χ0) is 22.1. The summed E-state index contributed by atoms with van der Waals surface area (Å²) in [4.78, 5) is 41.7. The summed E-state index contributed by atoms with van der Waals surface area (Å²) in [5, 5.41) is 2.73. The van der Waals surface area contributed by atoms with E-state index in [0.717, 1.165) is 66.6 Å². The second kappa shape index (κ2) is 8.68. The zero-order valence-corrected chi connectivity index (χ0v) is 18.4. The number of thioether (sulfide) groups is 1. The molecule has 2 amide bonds. The number of aromatic nitrogens is 3. The number of likely N-dealkylation sites (N-methyl/N-ethyl adjacent to an activating group) is 1. The van der Waals surface area contributed by atoms with Crippen LogP contribution in [0.15, 0.2) is 47.8 Å². The lowest BCUT2D eigenvalue weighted by molar-refractivity contribution is -0.115. The molecule has 0 atom stereocenters. The average molecular weight is 447 g/mol. The zero-order valence-electron chi connectivity index (χ0n) is 17.6. The van der Waals surface area contributed by atoms with Gasteiger partial charge in [0.05, 0.1) is 28.0 Å². The van der Waals surface area contributed by atoms with E-state index in [4.69, 9.17) is 0 Å². The van der Waals surface area contributed by atoms with Crippen molar-refractivity contribution in [1.82, 2.24) is 25.2 Å². The van der Waals surface area contributed by atoms with Crippen molar-refractivity contribution in [3.63, 3.8) is 0 Å². The molecule has 3 aromatic rings. The molecule has 0 bridgehead atoms. The number of fused-ring (bicyclic) bond motifs is 1. The Kier molecular flexibility index (Phi) is 5.59. The fraction of sp³-hybridized carbons (Fsp3) is 0.261. The molecular formula is C23H22N6O2S. The molecule has 0 spiro atoms. The molecule has 2 aromatic heterocycles. The Balaban J connectivity index is 1.44. The molecule has 162 valence electrons. The quantitative estimate of drug-likeness (QED) is 0.611. The van der Waals surface area contributed by atoms with Gasteiger partial charge in [-0.3, -0.25) is 19.9 Å². The van der Waals surface area contributed by atoms with Crippen LogP contribution in [0.1, 0.15) is 12.6 Å². The van der Waals surface area contributed by atoms with Crippen molar-refractivity contribution in [2.45, 2.75) is 6.92 Å². The summed E-state index contributed by atoms with van der Waals surface area (Å²) in [7, 11) is 0. The van der Waals surface area contributed by atoms with E-state index in [0.29, 0.717) is 10.6 Å². The number of anilines is 1. The number of rotatable bonds is 4. The molecule has 0 radical (unpaired) electrons. The van der Waals surface area contributed by atoms with E-state index < -0.39 is 5.91 Å². The number of hydrogen-bond acceptors (Lipinski definition) is 8. The summed E-state index contributed by atoms with van der Waals surface area (Å²) >= 11 is 0.874. The molecule has 1 aromatic carbocycles. The van der Waals surface area contributed by atoms with Crippen LogP contribution in [0.4, 0.5) is 10.5 Å². The number of carbonyl (C=O) groups excluding carboxylic acids is 2. The molecule has 2 aliphatic heterocycles. The highest BCUT2D eigenvalue weighted by atomic mass is 32.2. The maximum absolute atomic E-state index is 11.9. The van der Waals surface area contributed by atoms with Gasteiger partial charge in [0.2, 0.25) is 0 Å². The molecule has 2 saturated heterocycles. The highest BCUT2D eigenvalue weighted by Gasteiger charge is 2.25. The smallest absolute Gasteiger partial charge is 0.290 e. The molecule has 5 rings (SSSR count). The first-order valence-electron chi connectivity index (χ1n) is 10.5. The van der Waals surface area contributed by atoms with Crippen LogP contribution in [-0.4, -0.2) is 63.7 Å². The van der Waals surface area contributed by atoms with Crippen LogP contribution in [0.3, 0.4) is 0 Å². The Bertz CT molecular complexity index is 1220. The van der Waals surface area contributed by atoms with Gasteiger partial charge in [-0.1, -0.05) is 19.1 Å². The Labute approximate surface area is 189 Å². The van der Waals surface area contributed by atoms with Crippen molar-refractivity contribution in [2.24, 2.45) is 0 Å². The topological polar surface area (TPSA) is 91.3 Å². The van der Waals surface area contributed by atoms with Crippen LogP contribution in [-0.2, 0) is 4.79 Å². The van der Waals surface area contributed by atoms with Gasteiger partial charge in [-0.15, -0.1) is 0 Å². The number of nitrogens with one attached hydrogen (secondary N) is 1. The van der Waals surface area contributed by atoms with Crippen LogP contribution in [0.2, 0.25) is 0 Å². The van der Waals surface area contributed by atoms with Crippen LogP contribution < -0.4 is 10.2 Å². The second-order valence-corrected chi connectivity index (χ2v) is 8.68. The number of piperazine rings is 1. The number of amides is 2. The van der Waals surface area contributed by atoms with E-state index in [2.05, 4.69) is 61.3 Å². The van der Waals surface area contributed by atoms with Crippen molar-refractivity contribution in [3.05, 3.63) is 53.5 Å². The summed E-state index contributed by atoms with van der Waals surface area (Å²) in [6, 6.07) is 10.3. The van der Waals surface area contributed by atoms with Gasteiger partial charge in [-0.25, -0.2) is 9.97 Å². The standard InChI is InChI=1S/C23H22N6O2S/c1-2-28-7-9-29(10-8-28)17-5-3-15(4-6-17)21-18-11-16(24-13-19(18)25-14-26-21)12-20-22(30)27-23(31)32-20/h3-6,11-14H,2,7-10H2,1H3,(H,27,30,31). The minimum absolute atomic E-state index is 0.327. The van der Waals surface area contributed by atoms with Crippen LogP contribution in [0, 0.1) is 0 Å². The highest BCUT2D eigenvalue weighted by molar-refractivity contribution is 8.18. The number of hydrogen-bond donors (Lipinski definition) is 1. The lowest BCUT2D eigenvalue weighted by atomic mass is 10.1. The molecule has 2 fully saturated rings. The van der Waals surface area contributed by atoms with Crippen LogP contribution in [0.25, 0.3) is 28.2 Å². The predicted octanol–water partition coefficient (Wildman–Crippen LogP) is 3.16. The largest absolute Gasteiger partial charge is 0.369 e. The van der Waals surface area contributed by atoms with Crippen molar-refractivity contribution >= 4 is 45.6 Å².